The molecule has 3 heteroatoms. The van der Waals surface area contributed by atoms with E-state index in [1.165, 1.54) is 0 Å². The molecule has 0 aliphatic heterocycles. The van der Waals surface area contributed by atoms with Gasteiger partial charge in [-0.15, -0.1) is 0 Å². The minimum Gasteiger partial charge on any atom is -0.385 e. The summed E-state index contributed by atoms with van der Waals surface area (Å²) in [6.07, 6.45) is 1.62. The molecule has 68 valence electrons. The SMILES string of the molecule is NC(=O)c1ccc(C2(O)CC2)cc1. The summed E-state index contributed by atoms with van der Waals surface area (Å²) in [5.41, 5.74) is 5.81. The second kappa shape index (κ2) is 2.57. The van der Waals surface area contributed by atoms with E-state index in [1.807, 2.05) is 0 Å². The highest BCUT2D eigenvalue weighted by atomic mass is 16.3. The predicted octanol–water partition coefficient (Wildman–Crippen LogP) is 0.767. The van der Waals surface area contributed by atoms with Crippen molar-refractivity contribution in [2.45, 2.75) is 18.4 Å². The molecule has 1 aliphatic carbocycles. The first-order chi connectivity index (χ1) is 6.12. The number of nitrogens with two attached hydrogens (primary N) is 1. The lowest BCUT2D eigenvalue weighted by Gasteiger charge is -2.07. The van der Waals surface area contributed by atoms with Gasteiger partial charge in [0.1, 0.15) is 0 Å². The van der Waals surface area contributed by atoms with E-state index in [4.69, 9.17) is 5.73 Å². The number of primary amides is 1. The summed E-state index contributed by atoms with van der Waals surface area (Å²) in [5.74, 6) is -0.436. The topological polar surface area (TPSA) is 63.3 Å². The van der Waals surface area contributed by atoms with Crippen LogP contribution in [0.15, 0.2) is 24.3 Å². The Kier molecular flexibility index (Phi) is 1.63. The lowest BCUT2D eigenvalue weighted by Crippen LogP contribution is -2.11. The standard InChI is InChI=1S/C10H11NO2/c11-9(12)7-1-3-8(4-2-7)10(13)5-6-10/h1-4,13H,5-6H2,(H2,11,12). The maximum Gasteiger partial charge on any atom is 0.248 e. The van der Waals surface area contributed by atoms with Crippen LogP contribution in [0, 0.1) is 0 Å². The van der Waals surface area contributed by atoms with Gasteiger partial charge >= 0.3 is 0 Å². The zero-order valence-electron chi connectivity index (χ0n) is 7.16. The van der Waals surface area contributed by atoms with Crippen LogP contribution in [-0.4, -0.2) is 11.0 Å². The lowest BCUT2D eigenvalue weighted by atomic mass is 10.1. The third-order valence-corrected chi connectivity index (χ3v) is 2.43. The van der Waals surface area contributed by atoms with Gasteiger partial charge in [0.2, 0.25) is 5.91 Å². The van der Waals surface area contributed by atoms with Crippen molar-refractivity contribution < 1.29 is 9.90 Å². The number of aliphatic hydroxyl groups is 1. The maximum absolute atomic E-state index is 10.7. The number of rotatable bonds is 2. The summed E-state index contributed by atoms with van der Waals surface area (Å²) in [5, 5.41) is 9.71. The Morgan fingerprint density at radius 1 is 1.31 bits per heavy atom. The summed E-state index contributed by atoms with van der Waals surface area (Å²) in [4.78, 5) is 10.7. The van der Waals surface area contributed by atoms with Crippen LogP contribution in [0.2, 0.25) is 0 Å². The largest absolute Gasteiger partial charge is 0.385 e. The molecule has 0 aromatic heterocycles. The highest BCUT2D eigenvalue weighted by molar-refractivity contribution is 5.92. The van der Waals surface area contributed by atoms with Crippen LogP contribution in [0.25, 0.3) is 0 Å². The Bertz CT molecular complexity index is 338. The molecule has 0 radical (unpaired) electrons. The van der Waals surface area contributed by atoms with Crippen LogP contribution in [0.3, 0.4) is 0 Å². The highest BCUT2D eigenvalue weighted by Crippen LogP contribution is 2.45. The van der Waals surface area contributed by atoms with Crippen molar-refractivity contribution in [2.75, 3.05) is 0 Å². The summed E-state index contributed by atoms with van der Waals surface area (Å²) in [7, 11) is 0. The normalized spacial score (nSPS) is 18.2. The van der Waals surface area contributed by atoms with Crippen LogP contribution in [0.5, 0.6) is 0 Å². The molecule has 1 amide bonds. The third kappa shape index (κ3) is 1.42. The average Bonchev–Trinajstić information content (AvgIpc) is 2.85. The molecule has 3 N–H and O–H groups in total. The number of hydrogen-bond donors (Lipinski definition) is 2. The van der Waals surface area contributed by atoms with Gasteiger partial charge < -0.3 is 10.8 Å². The smallest absolute Gasteiger partial charge is 0.248 e. The van der Waals surface area contributed by atoms with E-state index in [-0.39, 0.29) is 0 Å². The molecule has 1 aliphatic rings. The molecule has 0 heterocycles. The molecule has 1 fully saturated rings. The van der Waals surface area contributed by atoms with Gasteiger partial charge in [-0.05, 0) is 30.5 Å². The molecule has 1 aromatic rings. The van der Waals surface area contributed by atoms with E-state index in [2.05, 4.69) is 0 Å². The van der Waals surface area contributed by atoms with E-state index < -0.39 is 11.5 Å². The quantitative estimate of drug-likeness (QED) is 0.700. The maximum atomic E-state index is 10.7. The minimum absolute atomic E-state index is 0.436. The second-order valence-corrected chi connectivity index (χ2v) is 3.47. The van der Waals surface area contributed by atoms with Gasteiger partial charge in [-0.25, -0.2) is 0 Å². The molecule has 2 rings (SSSR count). The van der Waals surface area contributed by atoms with Crippen LogP contribution < -0.4 is 5.73 Å². The molecule has 0 atom stereocenters. The van der Waals surface area contributed by atoms with Gasteiger partial charge in [0.25, 0.3) is 0 Å². The van der Waals surface area contributed by atoms with Gasteiger partial charge in [-0.2, -0.15) is 0 Å². The molecule has 0 saturated heterocycles. The zero-order chi connectivity index (χ0) is 9.47. The Hall–Kier alpha value is -1.35. The van der Waals surface area contributed by atoms with Crippen LogP contribution in [0.1, 0.15) is 28.8 Å². The first-order valence-corrected chi connectivity index (χ1v) is 4.24. The number of hydrogen-bond acceptors (Lipinski definition) is 2. The molecular weight excluding hydrogens is 166 g/mol. The number of amides is 1. The average molecular weight is 177 g/mol. The summed E-state index contributed by atoms with van der Waals surface area (Å²) < 4.78 is 0. The van der Waals surface area contributed by atoms with Gasteiger partial charge in [0.15, 0.2) is 0 Å². The number of benzene rings is 1. The Morgan fingerprint density at radius 2 is 1.85 bits per heavy atom. The zero-order valence-corrected chi connectivity index (χ0v) is 7.16. The third-order valence-electron chi connectivity index (χ3n) is 2.43. The van der Waals surface area contributed by atoms with Crippen molar-refractivity contribution in [3.63, 3.8) is 0 Å². The summed E-state index contributed by atoms with van der Waals surface area (Å²) in [6.45, 7) is 0. The molecule has 3 nitrogen and oxygen atoms in total. The fourth-order valence-corrected chi connectivity index (χ4v) is 1.35. The fraction of sp³-hybridized carbons (Fsp3) is 0.300. The second-order valence-electron chi connectivity index (χ2n) is 3.47. The monoisotopic (exact) mass is 177 g/mol. The van der Waals surface area contributed by atoms with E-state index in [0.717, 1.165) is 18.4 Å². The fourth-order valence-electron chi connectivity index (χ4n) is 1.35. The van der Waals surface area contributed by atoms with Crippen molar-refractivity contribution >= 4 is 5.91 Å². The van der Waals surface area contributed by atoms with Crippen molar-refractivity contribution in [2.24, 2.45) is 5.73 Å². The molecule has 0 bridgehead atoms. The van der Waals surface area contributed by atoms with Gasteiger partial charge in [-0.1, -0.05) is 12.1 Å². The molecule has 1 aromatic carbocycles. The van der Waals surface area contributed by atoms with Gasteiger partial charge in [-0.3, -0.25) is 4.79 Å². The summed E-state index contributed by atoms with van der Waals surface area (Å²) in [6, 6.07) is 6.81. The summed E-state index contributed by atoms with van der Waals surface area (Å²) >= 11 is 0. The van der Waals surface area contributed by atoms with E-state index in [0.29, 0.717) is 5.56 Å². The molecule has 13 heavy (non-hydrogen) atoms. The van der Waals surface area contributed by atoms with Crippen LogP contribution in [0.4, 0.5) is 0 Å². The van der Waals surface area contributed by atoms with Crippen molar-refractivity contribution in [3.8, 4) is 0 Å². The lowest BCUT2D eigenvalue weighted by molar-refractivity contribution is 0.0999. The van der Waals surface area contributed by atoms with Crippen LogP contribution >= 0.6 is 0 Å². The van der Waals surface area contributed by atoms with E-state index in [1.54, 1.807) is 24.3 Å². The highest BCUT2D eigenvalue weighted by Gasteiger charge is 2.41. The molecule has 1 saturated carbocycles. The number of carbonyl (C=O) groups is 1. The molecule has 0 spiro atoms. The predicted molar refractivity (Wildman–Crippen MR) is 48.1 cm³/mol. The Balaban J connectivity index is 2.28. The Morgan fingerprint density at radius 3 is 2.23 bits per heavy atom. The van der Waals surface area contributed by atoms with Crippen molar-refractivity contribution in [1.29, 1.82) is 0 Å². The molecule has 0 unspecified atom stereocenters. The van der Waals surface area contributed by atoms with E-state index in [9.17, 15) is 9.90 Å². The first-order valence-electron chi connectivity index (χ1n) is 4.24. The number of carbonyl (C=O) groups excluding carboxylic acids is 1. The first kappa shape index (κ1) is 8.26. The van der Waals surface area contributed by atoms with Crippen molar-refractivity contribution in [3.05, 3.63) is 35.4 Å². The van der Waals surface area contributed by atoms with Crippen LogP contribution in [-0.2, 0) is 5.60 Å². The van der Waals surface area contributed by atoms with Gasteiger partial charge in [0.05, 0.1) is 5.60 Å². The van der Waals surface area contributed by atoms with Crippen molar-refractivity contribution in [1.82, 2.24) is 0 Å². The minimum atomic E-state index is -0.629. The van der Waals surface area contributed by atoms with E-state index >= 15 is 0 Å². The molecular formula is C10H11NO2. The Labute approximate surface area is 76.2 Å². The van der Waals surface area contributed by atoms with Gasteiger partial charge in [0, 0.05) is 5.56 Å².